The van der Waals surface area contributed by atoms with Crippen molar-refractivity contribution in [1.29, 1.82) is 0 Å². The summed E-state index contributed by atoms with van der Waals surface area (Å²) in [5.41, 5.74) is 7.19. The zero-order valence-electron chi connectivity index (χ0n) is 11.3. The second kappa shape index (κ2) is 5.65. The standard InChI is InChI=1S/C14H14ClN5O/c15-10-3-1-9(2-4-10)12-13(18-19-14(16)17-12)20-7-5-11(21)6-8-20/h1-4H,5-8H2,(H2,16,17,19). The number of halogens is 1. The number of hydrogen-bond acceptors (Lipinski definition) is 6. The molecule has 3 rings (SSSR count). The van der Waals surface area contributed by atoms with Gasteiger partial charge in [-0.25, -0.2) is 4.98 Å². The van der Waals surface area contributed by atoms with E-state index in [1.54, 1.807) is 12.1 Å². The molecule has 108 valence electrons. The van der Waals surface area contributed by atoms with Crippen LogP contribution in [0.2, 0.25) is 5.02 Å². The Kier molecular flexibility index (Phi) is 3.70. The van der Waals surface area contributed by atoms with Crippen molar-refractivity contribution >= 4 is 29.2 Å². The maximum Gasteiger partial charge on any atom is 0.240 e. The van der Waals surface area contributed by atoms with Gasteiger partial charge in [-0.3, -0.25) is 4.79 Å². The smallest absolute Gasteiger partial charge is 0.240 e. The van der Waals surface area contributed by atoms with Crippen molar-refractivity contribution in [3.8, 4) is 11.3 Å². The quantitative estimate of drug-likeness (QED) is 0.912. The number of nitrogens with zero attached hydrogens (tertiary/aromatic N) is 4. The van der Waals surface area contributed by atoms with Gasteiger partial charge in [0.05, 0.1) is 0 Å². The summed E-state index contributed by atoms with van der Waals surface area (Å²) in [6.07, 6.45) is 1.04. The lowest BCUT2D eigenvalue weighted by atomic mass is 10.1. The van der Waals surface area contributed by atoms with Crippen molar-refractivity contribution in [2.75, 3.05) is 23.7 Å². The molecule has 1 aromatic heterocycles. The second-order valence-corrected chi connectivity index (χ2v) is 5.31. The lowest BCUT2D eigenvalue weighted by Crippen LogP contribution is -2.35. The summed E-state index contributed by atoms with van der Waals surface area (Å²) in [7, 11) is 0. The van der Waals surface area contributed by atoms with E-state index in [-0.39, 0.29) is 11.7 Å². The van der Waals surface area contributed by atoms with Gasteiger partial charge in [-0.2, -0.15) is 0 Å². The molecular weight excluding hydrogens is 290 g/mol. The Morgan fingerprint density at radius 1 is 1.10 bits per heavy atom. The fraction of sp³-hybridized carbons (Fsp3) is 0.286. The molecule has 2 N–H and O–H groups in total. The van der Waals surface area contributed by atoms with E-state index in [1.165, 1.54) is 0 Å². The van der Waals surface area contributed by atoms with Crippen LogP contribution in [0.4, 0.5) is 11.8 Å². The lowest BCUT2D eigenvalue weighted by molar-refractivity contribution is -0.119. The van der Waals surface area contributed by atoms with Crippen LogP contribution < -0.4 is 10.6 Å². The maximum atomic E-state index is 11.4. The molecule has 1 saturated heterocycles. The third-order valence-electron chi connectivity index (χ3n) is 3.42. The van der Waals surface area contributed by atoms with Gasteiger partial charge in [0.2, 0.25) is 5.95 Å². The Balaban J connectivity index is 2.00. The van der Waals surface area contributed by atoms with Crippen LogP contribution in [-0.4, -0.2) is 34.1 Å². The van der Waals surface area contributed by atoms with Gasteiger partial charge in [0.1, 0.15) is 11.5 Å². The zero-order valence-corrected chi connectivity index (χ0v) is 12.0. The van der Waals surface area contributed by atoms with E-state index in [4.69, 9.17) is 17.3 Å². The molecule has 6 nitrogen and oxygen atoms in total. The van der Waals surface area contributed by atoms with Gasteiger partial charge in [-0.05, 0) is 12.1 Å². The van der Waals surface area contributed by atoms with E-state index in [9.17, 15) is 4.79 Å². The van der Waals surface area contributed by atoms with Crippen LogP contribution >= 0.6 is 11.6 Å². The molecule has 1 aliphatic heterocycles. The number of nitrogens with two attached hydrogens (primary N) is 1. The average Bonchev–Trinajstić information content (AvgIpc) is 2.49. The predicted molar refractivity (Wildman–Crippen MR) is 81.1 cm³/mol. The van der Waals surface area contributed by atoms with Crippen molar-refractivity contribution < 1.29 is 4.79 Å². The first-order valence-electron chi connectivity index (χ1n) is 6.66. The first-order chi connectivity index (χ1) is 10.1. The molecule has 0 atom stereocenters. The SMILES string of the molecule is Nc1nnc(N2CCC(=O)CC2)c(-c2ccc(Cl)cc2)n1. The molecular formula is C14H14ClN5O. The molecule has 2 aromatic rings. The topological polar surface area (TPSA) is 85.0 Å². The Morgan fingerprint density at radius 3 is 2.43 bits per heavy atom. The van der Waals surface area contributed by atoms with Crippen LogP contribution in [0.3, 0.4) is 0 Å². The van der Waals surface area contributed by atoms with Gasteiger partial charge < -0.3 is 10.6 Å². The Morgan fingerprint density at radius 2 is 1.76 bits per heavy atom. The molecule has 0 radical (unpaired) electrons. The summed E-state index contributed by atoms with van der Waals surface area (Å²) >= 11 is 5.91. The Labute approximate surface area is 126 Å². The molecule has 0 amide bonds. The van der Waals surface area contributed by atoms with E-state index in [1.807, 2.05) is 17.0 Å². The molecule has 1 aromatic carbocycles. The minimum absolute atomic E-state index is 0.122. The molecule has 0 saturated carbocycles. The van der Waals surface area contributed by atoms with E-state index in [2.05, 4.69) is 15.2 Å². The van der Waals surface area contributed by atoms with E-state index >= 15 is 0 Å². The number of Topliss-reactive ketones (excluding diaryl/α,β-unsaturated/α-hetero) is 1. The highest BCUT2D eigenvalue weighted by Gasteiger charge is 2.22. The first kappa shape index (κ1) is 13.8. The molecule has 0 unspecified atom stereocenters. The number of aromatic nitrogens is 3. The highest BCUT2D eigenvalue weighted by atomic mass is 35.5. The predicted octanol–water partition coefficient (Wildman–Crippen LogP) is 1.94. The van der Waals surface area contributed by atoms with Crippen molar-refractivity contribution in [1.82, 2.24) is 15.2 Å². The van der Waals surface area contributed by atoms with Crippen LogP contribution in [-0.2, 0) is 4.79 Å². The number of hydrogen-bond donors (Lipinski definition) is 1. The molecule has 0 spiro atoms. The molecule has 1 fully saturated rings. The highest BCUT2D eigenvalue weighted by molar-refractivity contribution is 6.30. The van der Waals surface area contributed by atoms with Crippen molar-refractivity contribution in [2.45, 2.75) is 12.8 Å². The van der Waals surface area contributed by atoms with Crippen LogP contribution in [0.15, 0.2) is 24.3 Å². The number of rotatable bonds is 2. The number of carbonyl (C=O) groups is 1. The van der Waals surface area contributed by atoms with Crippen molar-refractivity contribution in [3.05, 3.63) is 29.3 Å². The Bertz CT molecular complexity index is 664. The maximum absolute atomic E-state index is 11.4. The normalized spacial score (nSPS) is 15.3. The third-order valence-corrected chi connectivity index (χ3v) is 3.68. The zero-order chi connectivity index (χ0) is 14.8. The largest absolute Gasteiger partial charge is 0.366 e. The number of carbonyl (C=O) groups excluding carboxylic acids is 1. The summed E-state index contributed by atoms with van der Waals surface area (Å²) in [6, 6.07) is 7.31. The Hall–Kier alpha value is -2.21. The summed E-state index contributed by atoms with van der Waals surface area (Å²) in [6.45, 7) is 1.25. The van der Waals surface area contributed by atoms with Gasteiger partial charge in [-0.15, -0.1) is 10.2 Å². The molecule has 1 aliphatic rings. The van der Waals surface area contributed by atoms with E-state index in [0.717, 1.165) is 5.56 Å². The van der Waals surface area contributed by atoms with Crippen LogP contribution in [0.5, 0.6) is 0 Å². The first-order valence-corrected chi connectivity index (χ1v) is 7.04. The number of anilines is 2. The average molecular weight is 304 g/mol. The van der Waals surface area contributed by atoms with Crippen molar-refractivity contribution in [2.24, 2.45) is 0 Å². The minimum Gasteiger partial charge on any atom is -0.366 e. The molecule has 0 aliphatic carbocycles. The number of benzene rings is 1. The molecule has 21 heavy (non-hydrogen) atoms. The monoisotopic (exact) mass is 303 g/mol. The minimum atomic E-state index is 0.122. The summed E-state index contributed by atoms with van der Waals surface area (Å²) in [4.78, 5) is 17.7. The van der Waals surface area contributed by atoms with E-state index in [0.29, 0.717) is 42.5 Å². The summed E-state index contributed by atoms with van der Waals surface area (Å²) in [5, 5.41) is 8.66. The lowest BCUT2D eigenvalue weighted by Gasteiger charge is -2.27. The highest BCUT2D eigenvalue weighted by Crippen LogP contribution is 2.29. The van der Waals surface area contributed by atoms with Crippen LogP contribution in [0.1, 0.15) is 12.8 Å². The third kappa shape index (κ3) is 2.95. The summed E-state index contributed by atoms with van der Waals surface area (Å²) in [5.74, 6) is 1.05. The molecule has 7 heteroatoms. The summed E-state index contributed by atoms with van der Waals surface area (Å²) < 4.78 is 0. The number of piperidine rings is 1. The molecule has 2 heterocycles. The molecule has 0 bridgehead atoms. The van der Waals surface area contributed by atoms with Crippen LogP contribution in [0.25, 0.3) is 11.3 Å². The number of ketones is 1. The van der Waals surface area contributed by atoms with Crippen molar-refractivity contribution in [3.63, 3.8) is 0 Å². The van der Waals surface area contributed by atoms with Gasteiger partial charge in [0, 0.05) is 36.5 Å². The van der Waals surface area contributed by atoms with Gasteiger partial charge in [-0.1, -0.05) is 23.7 Å². The number of nitrogen functional groups attached to an aromatic ring is 1. The van der Waals surface area contributed by atoms with E-state index < -0.39 is 0 Å². The fourth-order valence-corrected chi connectivity index (χ4v) is 2.44. The van der Waals surface area contributed by atoms with Gasteiger partial charge in [0.25, 0.3) is 0 Å². The van der Waals surface area contributed by atoms with Crippen LogP contribution in [0, 0.1) is 0 Å². The van der Waals surface area contributed by atoms with Gasteiger partial charge in [0.15, 0.2) is 5.82 Å². The second-order valence-electron chi connectivity index (χ2n) is 4.87. The fourth-order valence-electron chi connectivity index (χ4n) is 2.32. The van der Waals surface area contributed by atoms with Gasteiger partial charge >= 0.3 is 0 Å².